The summed E-state index contributed by atoms with van der Waals surface area (Å²) >= 11 is 3.36. The van der Waals surface area contributed by atoms with Crippen LogP contribution in [-0.4, -0.2) is 49.6 Å². The van der Waals surface area contributed by atoms with Crippen LogP contribution in [0, 0.1) is 13.8 Å². The molecule has 0 radical (unpaired) electrons. The molecule has 30 heavy (non-hydrogen) atoms. The highest BCUT2D eigenvalue weighted by molar-refractivity contribution is 9.10. The average molecular weight is 498 g/mol. The number of rotatable bonds is 6. The number of β-amino-alcohol motifs (C(OH)–C–C–N with tert-alkyl or cyclic N) is 1. The molecule has 1 aliphatic heterocycles. The number of aliphatic hydroxyl groups excluding tert-OH is 1. The van der Waals surface area contributed by atoms with Crippen molar-refractivity contribution in [1.82, 2.24) is 4.31 Å². The molecule has 162 valence electrons. The summed E-state index contributed by atoms with van der Waals surface area (Å²) in [4.78, 5) is 12.9. The van der Waals surface area contributed by atoms with Gasteiger partial charge in [0.05, 0.1) is 18.1 Å². The van der Waals surface area contributed by atoms with Crippen molar-refractivity contribution in [3.05, 3.63) is 57.6 Å². The summed E-state index contributed by atoms with van der Waals surface area (Å²) in [7, 11) is -2.45. The third-order valence-electron chi connectivity index (χ3n) is 5.20. The van der Waals surface area contributed by atoms with Crippen LogP contribution < -0.4 is 4.74 Å². The Balaban J connectivity index is 1.81. The summed E-state index contributed by atoms with van der Waals surface area (Å²) in [5.41, 5.74) is 2.44. The molecule has 0 amide bonds. The number of ether oxygens (including phenoxy) is 2. The van der Waals surface area contributed by atoms with Gasteiger partial charge in [-0.05, 0) is 55.3 Å². The Morgan fingerprint density at radius 1 is 1.20 bits per heavy atom. The first-order valence-corrected chi connectivity index (χ1v) is 11.6. The zero-order valence-electron chi connectivity index (χ0n) is 17.0. The normalized spacial score (nSPS) is 19.6. The smallest absolute Gasteiger partial charge is 0.324 e. The monoisotopic (exact) mass is 497 g/mol. The fraction of sp³-hybridized carbons (Fsp3) is 0.381. The fourth-order valence-electron chi connectivity index (χ4n) is 3.38. The SMILES string of the molecule is COc1ccc(Br)cc1COC(=O)[C@@H]1CC(O)CN1S(=O)(=O)c1ccc(C)c(C)c1. The second kappa shape index (κ2) is 9.05. The molecule has 7 nitrogen and oxygen atoms in total. The van der Waals surface area contributed by atoms with Crippen molar-refractivity contribution in [3.63, 3.8) is 0 Å². The minimum Gasteiger partial charge on any atom is -0.496 e. The van der Waals surface area contributed by atoms with Crippen LogP contribution in [0.2, 0.25) is 0 Å². The van der Waals surface area contributed by atoms with Crippen LogP contribution in [0.1, 0.15) is 23.1 Å². The van der Waals surface area contributed by atoms with Crippen molar-refractivity contribution in [3.8, 4) is 5.75 Å². The number of carbonyl (C=O) groups excluding carboxylic acids is 1. The molecule has 2 aromatic rings. The van der Waals surface area contributed by atoms with Gasteiger partial charge in [-0.1, -0.05) is 22.0 Å². The molecule has 0 aliphatic carbocycles. The largest absolute Gasteiger partial charge is 0.496 e. The summed E-state index contributed by atoms with van der Waals surface area (Å²) in [6.07, 6.45) is -0.956. The maximum Gasteiger partial charge on any atom is 0.324 e. The number of hydrogen-bond donors (Lipinski definition) is 1. The Labute approximate surface area is 184 Å². The number of hydrogen-bond acceptors (Lipinski definition) is 6. The Hall–Kier alpha value is -1.94. The molecule has 0 spiro atoms. The summed E-state index contributed by atoms with van der Waals surface area (Å²) in [6.45, 7) is 3.48. The molecule has 0 saturated carbocycles. The molecule has 9 heteroatoms. The minimum absolute atomic E-state index is 0.0154. The zero-order valence-corrected chi connectivity index (χ0v) is 19.4. The maximum absolute atomic E-state index is 13.2. The lowest BCUT2D eigenvalue weighted by Crippen LogP contribution is -2.41. The summed E-state index contributed by atoms with van der Waals surface area (Å²) in [6, 6.07) is 9.02. The second-order valence-electron chi connectivity index (χ2n) is 7.29. The van der Waals surface area contributed by atoms with E-state index in [1.54, 1.807) is 30.3 Å². The summed E-state index contributed by atoms with van der Waals surface area (Å²) in [5, 5.41) is 10.1. The Bertz CT molecular complexity index is 1060. The molecule has 1 aliphatic rings. The quantitative estimate of drug-likeness (QED) is 0.616. The summed E-state index contributed by atoms with van der Waals surface area (Å²) < 4.78 is 38.8. The van der Waals surface area contributed by atoms with Crippen LogP contribution in [0.5, 0.6) is 5.75 Å². The van der Waals surface area contributed by atoms with E-state index in [9.17, 15) is 18.3 Å². The molecule has 0 aromatic heterocycles. The topological polar surface area (TPSA) is 93.1 Å². The van der Waals surface area contributed by atoms with Gasteiger partial charge in [0.2, 0.25) is 10.0 Å². The van der Waals surface area contributed by atoms with Gasteiger partial charge in [-0.2, -0.15) is 4.31 Å². The predicted octanol–water partition coefficient (Wildman–Crippen LogP) is 2.94. The van der Waals surface area contributed by atoms with E-state index >= 15 is 0 Å². The van der Waals surface area contributed by atoms with Gasteiger partial charge in [0.15, 0.2) is 0 Å². The number of sulfonamides is 1. The lowest BCUT2D eigenvalue weighted by atomic mass is 10.1. The molecule has 0 bridgehead atoms. The first kappa shape index (κ1) is 22.7. The lowest BCUT2D eigenvalue weighted by molar-refractivity contribution is -0.148. The Kier molecular flexibility index (Phi) is 6.86. The highest BCUT2D eigenvalue weighted by atomic mass is 79.9. The van der Waals surface area contributed by atoms with Crippen LogP contribution in [0.25, 0.3) is 0 Å². The van der Waals surface area contributed by atoms with E-state index in [0.717, 1.165) is 19.9 Å². The third-order valence-corrected chi connectivity index (χ3v) is 7.57. The van der Waals surface area contributed by atoms with Gasteiger partial charge < -0.3 is 14.6 Å². The number of benzene rings is 2. The van der Waals surface area contributed by atoms with Gasteiger partial charge in [0.1, 0.15) is 18.4 Å². The molecule has 3 rings (SSSR count). The van der Waals surface area contributed by atoms with E-state index in [1.165, 1.54) is 13.2 Å². The number of methoxy groups -OCH3 is 1. The Morgan fingerprint density at radius 3 is 2.60 bits per heavy atom. The van der Waals surface area contributed by atoms with E-state index in [1.807, 2.05) is 13.8 Å². The van der Waals surface area contributed by atoms with Gasteiger partial charge >= 0.3 is 5.97 Å². The van der Waals surface area contributed by atoms with Gasteiger partial charge in [0, 0.05) is 23.0 Å². The number of esters is 1. The number of nitrogens with zero attached hydrogens (tertiary/aromatic N) is 1. The highest BCUT2D eigenvalue weighted by Gasteiger charge is 2.44. The van der Waals surface area contributed by atoms with Gasteiger partial charge in [-0.15, -0.1) is 0 Å². The van der Waals surface area contributed by atoms with Crippen molar-refractivity contribution >= 4 is 31.9 Å². The van der Waals surface area contributed by atoms with Crippen molar-refractivity contribution in [1.29, 1.82) is 0 Å². The van der Waals surface area contributed by atoms with Crippen molar-refractivity contribution in [2.75, 3.05) is 13.7 Å². The number of aryl methyl sites for hydroxylation is 2. The zero-order chi connectivity index (χ0) is 22.1. The molecule has 1 unspecified atom stereocenters. The molecule has 2 aromatic carbocycles. The van der Waals surface area contributed by atoms with Crippen LogP contribution >= 0.6 is 15.9 Å². The fourth-order valence-corrected chi connectivity index (χ4v) is 5.50. The highest BCUT2D eigenvalue weighted by Crippen LogP contribution is 2.29. The molecular formula is C21H24BrNO6S. The number of aliphatic hydroxyl groups is 1. The van der Waals surface area contributed by atoms with Gasteiger partial charge in [0.25, 0.3) is 0 Å². The van der Waals surface area contributed by atoms with Crippen molar-refractivity contribution < 1.29 is 27.8 Å². The van der Waals surface area contributed by atoms with E-state index < -0.39 is 28.1 Å². The molecule has 1 saturated heterocycles. The number of halogens is 1. The van der Waals surface area contributed by atoms with Crippen LogP contribution in [0.15, 0.2) is 45.8 Å². The van der Waals surface area contributed by atoms with E-state index in [-0.39, 0.29) is 24.5 Å². The first-order valence-electron chi connectivity index (χ1n) is 9.39. The average Bonchev–Trinajstić information content (AvgIpc) is 3.11. The third kappa shape index (κ3) is 4.69. The molecule has 1 N–H and O–H groups in total. The van der Waals surface area contributed by atoms with Gasteiger partial charge in [-0.25, -0.2) is 8.42 Å². The van der Waals surface area contributed by atoms with E-state index in [2.05, 4.69) is 15.9 Å². The molecular weight excluding hydrogens is 474 g/mol. The lowest BCUT2D eigenvalue weighted by Gasteiger charge is -2.23. The van der Waals surface area contributed by atoms with E-state index in [4.69, 9.17) is 9.47 Å². The van der Waals surface area contributed by atoms with Crippen LogP contribution in [-0.2, 0) is 26.2 Å². The van der Waals surface area contributed by atoms with Crippen molar-refractivity contribution in [2.24, 2.45) is 0 Å². The number of carbonyl (C=O) groups is 1. The standard InChI is InChI=1S/C21H24BrNO6S/c1-13-4-6-18(8-14(13)2)30(26,27)23-11-17(24)10-19(23)21(25)29-12-15-9-16(22)5-7-20(15)28-3/h4-9,17,19,24H,10-12H2,1-3H3/t17?,19-/m0/s1. The maximum atomic E-state index is 13.2. The molecule has 1 fully saturated rings. The Morgan fingerprint density at radius 2 is 1.93 bits per heavy atom. The predicted molar refractivity (Wildman–Crippen MR) is 115 cm³/mol. The van der Waals surface area contributed by atoms with Crippen molar-refractivity contribution in [2.45, 2.75) is 43.9 Å². The van der Waals surface area contributed by atoms with Gasteiger partial charge in [-0.3, -0.25) is 4.79 Å². The minimum atomic E-state index is -3.97. The summed E-state index contributed by atoms with van der Waals surface area (Å²) in [5.74, 6) is -0.155. The van der Waals surface area contributed by atoms with Crippen LogP contribution in [0.4, 0.5) is 0 Å². The second-order valence-corrected chi connectivity index (χ2v) is 10.1. The van der Waals surface area contributed by atoms with E-state index in [0.29, 0.717) is 11.3 Å². The molecule has 2 atom stereocenters. The molecule has 1 heterocycles. The first-order chi connectivity index (χ1) is 14.1. The van der Waals surface area contributed by atoms with Crippen LogP contribution in [0.3, 0.4) is 0 Å².